The molecule has 0 bridgehead atoms. The van der Waals surface area contributed by atoms with Crippen molar-refractivity contribution < 1.29 is 4.79 Å². The number of hydrogen-bond donors (Lipinski definition) is 1. The van der Waals surface area contributed by atoms with Gasteiger partial charge in [0.1, 0.15) is 0 Å². The Hall–Kier alpha value is -0.830. The summed E-state index contributed by atoms with van der Waals surface area (Å²) in [6.07, 6.45) is 0.538. The molecule has 13 heavy (non-hydrogen) atoms. The topological polar surface area (TPSA) is 29.1 Å². The third kappa shape index (κ3) is 3.59. The first-order chi connectivity index (χ1) is 6.22. The highest BCUT2D eigenvalue weighted by molar-refractivity contribution is 9.10. The standard InChI is InChI=1S/C10H12BrNO/c1-2-10(13)12-7-8-3-5-9(11)6-4-8/h3-6H,2,7H2,1H3,(H,12,13). The molecule has 0 aliphatic carbocycles. The van der Waals surface area contributed by atoms with Gasteiger partial charge in [0.2, 0.25) is 5.91 Å². The van der Waals surface area contributed by atoms with E-state index >= 15 is 0 Å². The molecule has 0 saturated heterocycles. The first-order valence-corrected chi connectivity index (χ1v) is 5.03. The van der Waals surface area contributed by atoms with Gasteiger partial charge in [-0.3, -0.25) is 4.79 Å². The number of amides is 1. The van der Waals surface area contributed by atoms with Gasteiger partial charge in [0.15, 0.2) is 0 Å². The average Bonchev–Trinajstić information content (AvgIpc) is 2.16. The quantitative estimate of drug-likeness (QED) is 0.866. The predicted molar refractivity (Wildman–Crippen MR) is 56.3 cm³/mol. The van der Waals surface area contributed by atoms with Gasteiger partial charge in [-0.25, -0.2) is 0 Å². The zero-order chi connectivity index (χ0) is 9.68. The maximum atomic E-state index is 10.9. The Morgan fingerprint density at radius 1 is 1.38 bits per heavy atom. The Labute approximate surface area is 86.5 Å². The van der Waals surface area contributed by atoms with Gasteiger partial charge in [0, 0.05) is 17.4 Å². The van der Waals surface area contributed by atoms with Crippen LogP contribution in [0.5, 0.6) is 0 Å². The van der Waals surface area contributed by atoms with Crippen LogP contribution in [0.1, 0.15) is 18.9 Å². The van der Waals surface area contributed by atoms with E-state index in [2.05, 4.69) is 21.2 Å². The summed E-state index contributed by atoms with van der Waals surface area (Å²) in [5.74, 6) is 0.0860. The van der Waals surface area contributed by atoms with Crippen LogP contribution in [0.25, 0.3) is 0 Å². The Morgan fingerprint density at radius 2 is 2.00 bits per heavy atom. The maximum Gasteiger partial charge on any atom is 0.219 e. The average molecular weight is 242 g/mol. The normalized spacial score (nSPS) is 9.69. The van der Waals surface area contributed by atoms with Crippen molar-refractivity contribution in [3.63, 3.8) is 0 Å². The lowest BCUT2D eigenvalue weighted by Gasteiger charge is -2.03. The molecular formula is C10H12BrNO. The largest absolute Gasteiger partial charge is 0.352 e. The highest BCUT2D eigenvalue weighted by Gasteiger charge is 1.96. The van der Waals surface area contributed by atoms with Gasteiger partial charge in [0.05, 0.1) is 0 Å². The molecule has 0 spiro atoms. The van der Waals surface area contributed by atoms with Crippen molar-refractivity contribution in [2.24, 2.45) is 0 Å². The van der Waals surface area contributed by atoms with Crippen molar-refractivity contribution in [3.8, 4) is 0 Å². The lowest BCUT2D eigenvalue weighted by atomic mass is 10.2. The summed E-state index contributed by atoms with van der Waals surface area (Å²) in [4.78, 5) is 10.9. The van der Waals surface area contributed by atoms with E-state index in [0.717, 1.165) is 10.0 Å². The van der Waals surface area contributed by atoms with Gasteiger partial charge in [-0.1, -0.05) is 35.0 Å². The van der Waals surface area contributed by atoms with Crippen LogP contribution in [0.15, 0.2) is 28.7 Å². The van der Waals surface area contributed by atoms with Gasteiger partial charge in [0.25, 0.3) is 0 Å². The van der Waals surface area contributed by atoms with Crippen molar-refractivity contribution in [1.82, 2.24) is 5.32 Å². The Bertz CT molecular complexity index is 281. The second-order valence-electron chi connectivity index (χ2n) is 2.76. The zero-order valence-corrected chi connectivity index (χ0v) is 9.10. The number of carbonyl (C=O) groups excluding carboxylic acids is 1. The van der Waals surface area contributed by atoms with Crippen molar-refractivity contribution in [2.45, 2.75) is 19.9 Å². The number of nitrogens with one attached hydrogen (secondary N) is 1. The fourth-order valence-electron chi connectivity index (χ4n) is 0.928. The molecule has 0 heterocycles. The van der Waals surface area contributed by atoms with Crippen molar-refractivity contribution in [3.05, 3.63) is 34.3 Å². The van der Waals surface area contributed by atoms with Crippen LogP contribution in [0.2, 0.25) is 0 Å². The SMILES string of the molecule is CCC(=O)NCc1ccc(Br)cc1. The molecule has 0 unspecified atom stereocenters. The minimum atomic E-state index is 0.0860. The van der Waals surface area contributed by atoms with E-state index in [1.165, 1.54) is 0 Å². The van der Waals surface area contributed by atoms with Crippen LogP contribution >= 0.6 is 15.9 Å². The summed E-state index contributed by atoms with van der Waals surface area (Å²) in [5, 5.41) is 2.81. The predicted octanol–water partition coefficient (Wildman–Crippen LogP) is 2.48. The summed E-state index contributed by atoms with van der Waals surface area (Å²) in [5.41, 5.74) is 1.12. The van der Waals surface area contributed by atoms with Crippen molar-refractivity contribution in [2.75, 3.05) is 0 Å². The molecule has 0 aromatic heterocycles. The fourth-order valence-corrected chi connectivity index (χ4v) is 1.19. The van der Waals surface area contributed by atoms with E-state index in [0.29, 0.717) is 13.0 Å². The maximum absolute atomic E-state index is 10.9. The van der Waals surface area contributed by atoms with Crippen LogP contribution in [0.3, 0.4) is 0 Å². The van der Waals surface area contributed by atoms with Crippen LogP contribution in [0.4, 0.5) is 0 Å². The van der Waals surface area contributed by atoms with E-state index in [1.807, 2.05) is 31.2 Å². The number of hydrogen-bond acceptors (Lipinski definition) is 1. The molecule has 0 aliphatic rings. The molecule has 0 fully saturated rings. The number of halogens is 1. The molecule has 3 heteroatoms. The van der Waals surface area contributed by atoms with E-state index in [1.54, 1.807) is 0 Å². The Morgan fingerprint density at radius 3 is 2.54 bits per heavy atom. The van der Waals surface area contributed by atoms with Crippen LogP contribution in [-0.4, -0.2) is 5.91 Å². The first-order valence-electron chi connectivity index (χ1n) is 4.23. The monoisotopic (exact) mass is 241 g/mol. The zero-order valence-electron chi connectivity index (χ0n) is 7.51. The third-order valence-corrected chi connectivity index (χ3v) is 2.25. The van der Waals surface area contributed by atoms with E-state index in [9.17, 15) is 4.79 Å². The summed E-state index contributed by atoms with van der Waals surface area (Å²) in [7, 11) is 0. The van der Waals surface area contributed by atoms with Gasteiger partial charge < -0.3 is 5.32 Å². The highest BCUT2D eigenvalue weighted by atomic mass is 79.9. The summed E-state index contributed by atoms with van der Waals surface area (Å²) < 4.78 is 1.05. The van der Waals surface area contributed by atoms with E-state index in [4.69, 9.17) is 0 Å². The summed E-state index contributed by atoms with van der Waals surface area (Å²) in [6.45, 7) is 2.46. The number of carbonyl (C=O) groups is 1. The minimum absolute atomic E-state index is 0.0860. The molecule has 1 amide bonds. The second kappa shape index (κ2) is 5.02. The Kier molecular flexibility index (Phi) is 3.96. The summed E-state index contributed by atoms with van der Waals surface area (Å²) >= 11 is 3.35. The van der Waals surface area contributed by atoms with Crippen LogP contribution in [0, 0.1) is 0 Å². The number of rotatable bonds is 3. The van der Waals surface area contributed by atoms with E-state index in [-0.39, 0.29) is 5.91 Å². The van der Waals surface area contributed by atoms with Gasteiger partial charge in [-0.05, 0) is 17.7 Å². The van der Waals surface area contributed by atoms with Gasteiger partial charge in [-0.15, -0.1) is 0 Å². The van der Waals surface area contributed by atoms with Crippen molar-refractivity contribution >= 4 is 21.8 Å². The molecule has 0 atom stereocenters. The molecule has 2 nitrogen and oxygen atoms in total. The molecule has 0 radical (unpaired) electrons. The smallest absolute Gasteiger partial charge is 0.219 e. The molecule has 1 rings (SSSR count). The molecule has 1 N–H and O–H groups in total. The fraction of sp³-hybridized carbons (Fsp3) is 0.300. The van der Waals surface area contributed by atoms with Crippen LogP contribution < -0.4 is 5.32 Å². The molecule has 0 saturated carbocycles. The summed E-state index contributed by atoms with van der Waals surface area (Å²) in [6, 6.07) is 7.90. The molecule has 1 aromatic rings. The van der Waals surface area contributed by atoms with Gasteiger partial charge >= 0.3 is 0 Å². The highest BCUT2D eigenvalue weighted by Crippen LogP contribution is 2.10. The number of benzene rings is 1. The van der Waals surface area contributed by atoms with Gasteiger partial charge in [-0.2, -0.15) is 0 Å². The molecule has 0 aliphatic heterocycles. The Balaban J connectivity index is 2.46. The first kappa shape index (κ1) is 10.3. The molecule has 1 aromatic carbocycles. The second-order valence-corrected chi connectivity index (χ2v) is 3.67. The lowest BCUT2D eigenvalue weighted by Crippen LogP contribution is -2.21. The third-order valence-electron chi connectivity index (χ3n) is 1.72. The molecule has 70 valence electrons. The minimum Gasteiger partial charge on any atom is -0.352 e. The van der Waals surface area contributed by atoms with Crippen molar-refractivity contribution in [1.29, 1.82) is 0 Å². The van der Waals surface area contributed by atoms with Crippen LogP contribution in [-0.2, 0) is 11.3 Å². The lowest BCUT2D eigenvalue weighted by molar-refractivity contribution is -0.120. The van der Waals surface area contributed by atoms with E-state index < -0.39 is 0 Å². The molecular weight excluding hydrogens is 230 g/mol.